The lowest BCUT2D eigenvalue weighted by atomic mass is 10.0. The van der Waals surface area contributed by atoms with E-state index in [2.05, 4.69) is 5.32 Å². The molecule has 0 aromatic heterocycles. The molecule has 144 valence electrons. The minimum Gasteiger partial charge on any atom is -0.341 e. The summed E-state index contributed by atoms with van der Waals surface area (Å²) in [5, 5.41) is 3.05. The van der Waals surface area contributed by atoms with Crippen molar-refractivity contribution >= 4 is 24.2 Å². The highest BCUT2D eigenvalue weighted by Crippen LogP contribution is 2.19. The van der Waals surface area contributed by atoms with Crippen molar-refractivity contribution in [2.24, 2.45) is 0 Å². The lowest BCUT2D eigenvalue weighted by molar-refractivity contribution is -0.140. The van der Waals surface area contributed by atoms with Gasteiger partial charge < -0.3 is 15.1 Å². The molecule has 1 atom stereocenters. The lowest BCUT2D eigenvalue weighted by Gasteiger charge is -2.41. The van der Waals surface area contributed by atoms with Gasteiger partial charge in [0, 0.05) is 38.6 Å². The Balaban J connectivity index is 0.00000243. The van der Waals surface area contributed by atoms with E-state index in [1.165, 1.54) is 12.1 Å². The molecule has 0 spiro atoms. The third-order valence-corrected chi connectivity index (χ3v) is 4.96. The number of piperidine rings is 1. The Morgan fingerprint density at radius 2 is 2.08 bits per heavy atom. The highest BCUT2D eigenvalue weighted by molar-refractivity contribution is 5.85. The number of benzene rings is 1. The molecule has 2 aliphatic rings. The molecule has 2 heterocycles. The molecule has 1 aromatic carbocycles. The number of carbonyl (C=O) groups excluding carboxylic acids is 2. The molecule has 2 amide bonds. The van der Waals surface area contributed by atoms with Crippen molar-refractivity contribution in [3.63, 3.8) is 0 Å². The molecule has 2 fully saturated rings. The number of hydrogen-bond acceptors (Lipinski definition) is 3. The van der Waals surface area contributed by atoms with Gasteiger partial charge in [0.25, 0.3) is 0 Å². The van der Waals surface area contributed by atoms with Crippen LogP contribution in [0.25, 0.3) is 0 Å². The van der Waals surface area contributed by atoms with E-state index >= 15 is 0 Å². The zero-order valence-electron chi connectivity index (χ0n) is 14.5. The van der Waals surface area contributed by atoms with Crippen LogP contribution in [0.1, 0.15) is 24.8 Å². The van der Waals surface area contributed by atoms with Gasteiger partial charge in [0.1, 0.15) is 0 Å². The summed E-state index contributed by atoms with van der Waals surface area (Å²) in [7, 11) is 0. The number of aryl methyl sites for hydroxylation is 1. The van der Waals surface area contributed by atoms with Crippen molar-refractivity contribution < 1.29 is 18.4 Å². The quantitative estimate of drug-likeness (QED) is 0.856. The fourth-order valence-electron chi connectivity index (χ4n) is 3.58. The van der Waals surface area contributed by atoms with Gasteiger partial charge in [-0.15, -0.1) is 12.4 Å². The average Bonchev–Trinajstić information content (AvgIpc) is 2.63. The van der Waals surface area contributed by atoms with Gasteiger partial charge in [-0.2, -0.15) is 0 Å². The molecule has 8 heteroatoms. The first-order chi connectivity index (χ1) is 12.1. The van der Waals surface area contributed by atoms with Crippen molar-refractivity contribution in [3.8, 4) is 0 Å². The predicted octanol–water partition coefficient (Wildman–Crippen LogP) is 1.74. The van der Waals surface area contributed by atoms with Crippen LogP contribution >= 0.6 is 12.4 Å². The summed E-state index contributed by atoms with van der Waals surface area (Å²) < 4.78 is 26.9. The van der Waals surface area contributed by atoms with Crippen molar-refractivity contribution in [1.29, 1.82) is 0 Å². The second-order valence-corrected chi connectivity index (χ2v) is 6.61. The maximum Gasteiger partial charge on any atom is 0.236 e. The van der Waals surface area contributed by atoms with Gasteiger partial charge in [0.2, 0.25) is 11.8 Å². The molecule has 26 heavy (non-hydrogen) atoms. The van der Waals surface area contributed by atoms with Crippen LogP contribution in [0.4, 0.5) is 8.78 Å². The van der Waals surface area contributed by atoms with Gasteiger partial charge in [-0.25, -0.2) is 8.78 Å². The summed E-state index contributed by atoms with van der Waals surface area (Å²) in [5.41, 5.74) is 0.221. The Morgan fingerprint density at radius 3 is 2.85 bits per heavy atom. The fourth-order valence-corrected chi connectivity index (χ4v) is 3.58. The number of likely N-dealkylation sites (tertiary alicyclic amines) is 1. The smallest absolute Gasteiger partial charge is 0.236 e. The Morgan fingerprint density at radius 1 is 1.27 bits per heavy atom. The van der Waals surface area contributed by atoms with Gasteiger partial charge in [0.15, 0.2) is 11.6 Å². The number of rotatable bonds is 4. The van der Waals surface area contributed by atoms with Crippen LogP contribution in [-0.4, -0.2) is 60.4 Å². The first-order valence-electron chi connectivity index (χ1n) is 8.77. The summed E-state index contributed by atoms with van der Waals surface area (Å²) >= 11 is 0. The molecule has 0 aliphatic carbocycles. The fraction of sp³-hybridized carbons (Fsp3) is 0.556. The summed E-state index contributed by atoms with van der Waals surface area (Å²) in [6, 6.07) is 4.08. The van der Waals surface area contributed by atoms with Gasteiger partial charge in [-0.05, 0) is 30.9 Å². The lowest BCUT2D eigenvalue weighted by Crippen LogP contribution is -2.57. The van der Waals surface area contributed by atoms with E-state index in [-0.39, 0.29) is 48.7 Å². The van der Waals surface area contributed by atoms with Crippen molar-refractivity contribution in [2.75, 3.05) is 32.7 Å². The van der Waals surface area contributed by atoms with E-state index in [0.29, 0.717) is 26.2 Å². The molecule has 2 saturated heterocycles. The van der Waals surface area contributed by atoms with Crippen LogP contribution in [0.3, 0.4) is 0 Å². The monoisotopic (exact) mass is 387 g/mol. The first kappa shape index (κ1) is 20.6. The van der Waals surface area contributed by atoms with Gasteiger partial charge in [0.05, 0.1) is 6.54 Å². The van der Waals surface area contributed by atoms with E-state index in [9.17, 15) is 18.4 Å². The van der Waals surface area contributed by atoms with Crippen molar-refractivity contribution in [1.82, 2.24) is 15.1 Å². The largest absolute Gasteiger partial charge is 0.341 e. The Hall–Kier alpha value is -1.73. The molecule has 3 rings (SSSR count). The third-order valence-electron chi connectivity index (χ3n) is 4.96. The molecular weight excluding hydrogens is 364 g/mol. The Kier molecular flexibility index (Phi) is 7.34. The van der Waals surface area contributed by atoms with E-state index in [4.69, 9.17) is 0 Å². The van der Waals surface area contributed by atoms with Crippen molar-refractivity contribution in [3.05, 3.63) is 35.4 Å². The van der Waals surface area contributed by atoms with Gasteiger partial charge in [-0.3, -0.25) is 9.59 Å². The molecule has 1 aromatic rings. The number of halogens is 3. The summed E-state index contributed by atoms with van der Waals surface area (Å²) in [4.78, 5) is 28.1. The Bertz CT molecular complexity index is 659. The van der Waals surface area contributed by atoms with E-state index < -0.39 is 11.6 Å². The second kappa shape index (κ2) is 9.28. The van der Waals surface area contributed by atoms with Crippen LogP contribution in [0.5, 0.6) is 0 Å². The van der Waals surface area contributed by atoms with E-state index in [1.807, 2.05) is 4.90 Å². The van der Waals surface area contributed by atoms with Crippen LogP contribution in [0, 0.1) is 11.6 Å². The molecule has 0 saturated carbocycles. The van der Waals surface area contributed by atoms with E-state index in [1.54, 1.807) is 4.90 Å². The first-order valence-corrected chi connectivity index (χ1v) is 8.77. The molecule has 1 unspecified atom stereocenters. The molecule has 1 N–H and O–H groups in total. The number of piperazine rings is 1. The van der Waals surface area contributed by atoms with E-state index in [0.717, 1.165) is 25.5 Å². The zero-order valence-corrected chi connectivity index (χ0v) is 15.4. The summed E-state index contributed by atoms with van der Waals surface area (Å²) in [6.45, 7) is 2.97. The average molecular weight is 388 g/mol. The predicted molar refractivity (Wildman–Crippen MR) is 96.1 cm³/mol. The highest BCUT2D eigenvalue weighted by Gasteiger charge is 2.31. The summed E-state index contributed by atoms with van der Waals surface area (Å²) in [5.74, 6) is -1.76. The van der Waals surface area contributed by atoms with Crippen molar-refractivity contribution in [2.45, 2.75) is 31.7 Å². The molecular formula is C18H24ClF2N3O2. The number of hydrogen-bond donors (Lipinski definition) is 1. The maximum atomic E-state index is 13.7. The minimum atomic E-state index is -0.889. The maximum absolute atomic E-state index is 13.7. The Labute approximate surface area is 158 Å². The van der Waals surface area contributed by atoms with Crippen LogP contribution in [-0.2, 0) is 16.0 Å². The minimum absolute atomic E-state index is 0. The molecule has 5 nitrogen and oxygen atoms in total. The van der Waals surface area contributed by atoms with Crippen LogP contribution < -0.4 is 5.32 Å². The number of nitrogens with one attached hydrogen (secondary N) is 1. The topological polar surface area (TPSA) is 52.7 Å². The molecule has 0 radical (unpaired) electrons. The third kappa shape index (κ3) is 4.71. The SMILES string of the molecule is Cl.O=C(CCc1cccc(F)c1F)N1CCCC(N2CCNCC2=O)C1. The molecule has 2 aliphatic heterocycles. The molecule has 0 bridgehead atoms. The van der Waals surface area contributed by atoms with Gasteiger partial charge >= 0.3 is 0 Å². The number of amides is 2. The number of carbonyl (C=O) groups is 2. The highest BCUT2D eigenvalue weighted by atomic mass is 35.5. The van der Waals surface area contributed by atoms with Gasteiger partial charge in [-0.1, -0.05) is 12.1 Å². The number of nitrogens with zero attached hydrogens (tertiary/aromatic N) is 2. The normalized spacial score (nSPS) is 20.7. The standard InChI is InChI=1S/C18H23F2N3O2.ClH/c19-15-5-1-3-13(18(15)20)6-7-16(24)22-9-2-4-14(12-22)23-10-8-21-11-17(23)25;/h1,3,5,14,21H,2,4,6-12H2;1H. The summed E-state index contributed by atoms with van der Waals surface area (Å²) in [6.07, 6.45) is 2.06. The second-order valence-electron chi connectivity index (χ2n) is 6.61. The van der Waals surface area contributed by atoms with Crippen LogP contribution in [0.2, 0.25) is 0 Å². The van der Waals surface area contributed by atoms with Crippen LogP contribution in [0.15, 0.2) is 18.2 Å². The zero-order chi connectivity index (χ0) is 17.8.